The fourth-order valence-electron chi connectivity index (χ4n) is 2.63. The van der Waals surface area contributed by atoms with Crippen LogP contribution in [-0.2, 0) is 4.79 Å². The molecule has 0 spiro atoms. The molecule has 1 saturated heterocycles. The molecule has 0 bridgehead atoms. The maximum atomic E-state index is 10.5. The number of quaternary nitrogens is 1. The zero-order valence-electron chi connectivity index (χ0n) is 12.5. The van der Waals surface area contributed by atoms with Crippen molar-refractivity contribution in [2.24, 2.45) is 5.92 Å². The minimum absolute atomic E-state index is 0.653. The topological polar surface area (TPSA) is 53.8 Å². The third-order valence-corrected chi connectivity index (χ3v) is 4.01. The van der Waals surface area contributed by atoms with E-state index in [0.717, 1.165) is 29.9 Å². The Hall–Kier alpha value is -1.81. The molecule has 2 rings (SSSR count). The first kappa shape index (κ1) is 15.6. The van der Waals surface area contributed by atoms with Crippen LogP contribution in [0.25, 0.3) is 6.08 Å². The Labute approximate surface area is 126 Å². The molecule has 0 unspecified atom stereocenters. The molecule has 1 aromatic rings. The molecule has 21 heavy (non-hydrogen) atoms. The number of nitrogens with one attached hydrogen (secondary N) is 1. The molecule has 1 aromatic carbocycles. The molecule has 0 amide bonds. The highest BCUT2D eigenvalue weighted by Gasteiger charge is 2.18. The van der Waals surface area contributed by atoms with Crippen LogP contribution in [0.15, 0.2) is 30.3 Å². The monoisotopic (exact) mass is 289 g/mol. The Morgan fingerprint density at radius 1 is 1.38 bits per heavy atom. The van der Waals surface area contributed by atoms with Gasteiger partial charge in [0.2, 0.25) is 0 Å². The summed E-state index contributed by atoms with van der Waals surface area (Å²) in [6.45, 7) is 6.39. The van der Waals surface area contributed by atoms with Crippen molar-refractivity contribution in [3.8, 4) is 5.75 Å². The smallest absolute Gasteiger partial charge is 0.137 e. The molecule has 0 radical (unpaired) electrons. The lowest BCUT2D eigenvalue weighted by Gasteiger charge is -2.27. The summed E-state index contributed by atoms with van der Waals surface area (Å²) < 4.78 is 5.81. The van der Waals surface area contributed by atoms with Crippen LogP contribution in [0.1, 0.15) is 25.3 Å². The summed E-state index contributed by atoms with van der Waals surface area (Å²) in [5.41, 5.74) is 0.768. The number of carboxylic acids is 1. The normalized spacial score (nSPS) is 22.3. The van der Waals surface area contributed by atoms with Gasteiger partial charge in [-0.2, -0.15) is 0 Å². The molecule has 0 saturated carbocycles. The van der Waals surface area contributed by atoms with E-state index in [0.29, 0.717) is 6.61 Å². The average Bonchev–Trinajstić information content (AvgIpc) is 2.48. The van der Waals surface area contributed by atoms with E-state index in [4.69, 9.17) is 4.74 Å². The van der Waals surface area contributed by atoms with Crippen LogP contribution in [0, 0.1) is 5.92 Å². The number of rotatable bonds is 6. The number of ether oxygens (including phenoxy) is 1. The van der Waals surface area contributed by atoms with Gasteiger partial charge in [-0.1, -0.05) is 25.1 Å². The first-order valence-corrected chi connectivity index (χ1v) is 7.59. The fraction of sp³-hybridized carbons (Fsp3) is 0.471. The summed E-state index contributed by atoms with van der Waals surface area (Å²) in [6.07, 6.45) is 5.13. The number of likely N-dealkylation sites (tertiary alicyclic amines) is 1. The summed E-state index contributed by atoms with van der Waals surface area (Å²) in [5, 5.41) is 10.5. The molecule has 1 aliphatic rings. The number of aliphatic carboxylic acids is 1. The predicted molar refractivity (Wildman–Crippen MR) is 79.9 cm³/mol. The predicted octanol–water partition coefficient (Wildman–Crippen LogP) is 0.143. The summed E-state index contributed by atoms with van der Waals surface area (Å²) in [7, 11) is 0. The largest absolute Gasteiger partial charge is 0.545 e. The Balaban J connectivity index is 1.84. The number of carbonyl (C=O) groups is 1. The number of benzene rings is 1. The van der Waals surface area contributed by atoms with Crippen molar-refractivity contribution in [2.75, 3.05) is 26.2 Å². The van der Waals surface area contributed by atoms with E-state index in [1.54, 1.807) is 4.90 Å². The van der Waals surface area contributed by atoms with Crippen LogP contribution in [0.3, 0.4) is 0 Å². The van der Waals surface area contributed by atoms with Gasteiger partial charge in [-0.05, 0) is 37.0 Å². The molecular formula is C17H23NO3. The molecule has 1 aliphatic heterocycles. The zero-order valence-corrected chi connectivity index (χ0v) is 12.5. The van der Waals surface area contributed by atoms with Gasteiger partial charge in [0, 0.05) is 5.56 Å². The standard InChI is InChI=1S/C17H23NO3/c1-14-8-10-18(11-9-14)12-13-21-16-5-3-2-4-15(16)6-7-17(19)20/h2-7,14H,8-13H2,1H3,(H,19,20)/b7-6+. The molecule has 4 heteroatoms. The van der Waals surface area contributed by atoms with E-state index in [9.17, 15) is 9.90 Å². The minimum atomic E-state index is -1.20. The second-order valence-electron chi connectivity index (χ2n) is 5.72. The number of carboxylic acid groups (broad SMARTS) is 1. The van der Waals surface area contributed by atoms with E-state index < -0.39 is 5.97 Å². The minimum Gasteiger partial charge on any atom is -0.545 e. The second-order valence-corrected chi connectivity index (χ2v) is 5.72. The number of hydrogen-bond donors (Lipinski definition) is 1. The molecule has 1 N–H and O–H groups in total. The van der Waals surface area contributed by atoms with Gasteiger partial charge in [0.1, 0.15) is 18.9 Å². The molecule has 4 nitrogen and oxygen atoms in total. The molecule has 1 fully saturated rings. The van der Waals surface area contributed by atoms with Crippen molar-refractivity contribution in [3.63, 3.8) is 0 Å². The summed E-state index contributed by atoms with van der Waals surface area (Å²) in [4.78, 5) is 12.1. The Bertz CT molecular complexity index is 491. The fourth-order valence-corrected chi connectivity index (χ4v) is 2.63. The summed E-state index contributed by atoms with van der Waals surface area (Å²) in [5.74, 6) is 0.377. The molecule has 0 atom stereocenters. The molecule has 114 valence electrons. The maximum Gasteiger partial charge on any atom is 0.137 e. The molecular weight excluding hydrogens is 266 g/mol. The van der Waals surface area contributed by atoms with Gasteiger partial charge < -0.3 is 19.5 Å². The van der Waals surface area contributed by atoms with E-state index in [2.05, 4.69) is 6.92 Å². The molecule has 0 aliphatic carbocycles. The van der Waals surface area contributed by atoms with E-state index >= 15 is 0 Å². The zero-order chi connectivity index (χ0) is 15.1. The van der Waals surface area contributed by atoms with Crippen LogP contribution < -0.4 is 14.7 Å². The van der Waals surface area contributed by atoms with Gasteiger partial charge in [-0.15, -0.1) is 0 Å². The summed E-state index contributed by atoms with van der Waals surface area (Å²) >= 11 is 0. The Kier molecular flexibility index (Phi) is 5.81. The Morgan fingerprint density at radius 3 is 2.81 bits per heavy atom. The van der Waals surface area contributed by atoms with Gasteiger partial charge in [-0.3, -0.25) is 0 Å². The lowest BCUT2D eigenvalue weighted by molar-refractivity contribution is -0.906. The number of piperidine rings is 1. The first-order chi connectivity index (χ1) is 10.1. The van der Waals surface area contributed by atoms with Gasteiger partial charge in [0.15, 0.2) is 0 Å². The quantitative estimate of drug-likeness (QED) is 0.758. The van der Waals surface area contributed by atoms with Crippen LogP contribution in [-0.4, -0.2) is 32.2 Å². The third kappa shape index (κ3) is 5.23. The highest BCUT2D eigenvalue weighted by molar-refractivity contribution is 5.84. The number of para-hydroxylation sites is 1. The van der Waals surface area contributed by atoms with E-state index in [-0.39, 0.29) is 0 Å². The highest BCUT2D eigenvalue weighted by atomic mass is 16.5. The Morgan fingerprint density at radius 2 is 2.10 bits per heavy atom. The van der Waals surface area contributed by atoms with Crippen molar-refractivity contribution in [3.05, 3.63) is 35.9 Å². The molecule has 0 aromatic heterocycles. The van der Waals surface area contributed by atoms with Crippen LogP contribution in [0.4, 0.5) is 0 Å². The lowest BCUT2D eigenvalue weighted by Crippen LogP contribution is -3.13. The van der Waals surface area contributed by atoms with Crippen molar-refractivity contribution < 1.29 is 19.5 Å². The SMILES string of the molecule is CC1CC[NH+](CCOc2ccccc2/C=C/C(=O)[O-])CC1. The van der Waals surface area contributed by atoms with Crippen molar-refractivity contribution in [1.29, 1.82) is 0 Å². The number of carbonyl (C=O) groups excluding carboxylic acids is 1. The summed E-state index contributed by atoms with van der Waals surface area (Å²) in [6, 6.07) is 7.45. The van der Waals surface area contributed by atoms with Crippen LogP contribution in [0.5, 0.6) is 5.75 Å². The van der Waals surface area contributed by atoms with Gasteiger partial charge >= 0.3 is 0 Å². The first-order valence-electron chi connectivity index (χ1n) is 7.59. The van der Waals surface area contributed by atoms with Gasteiger partial charge in [0.05, 0.1) is 19.1 Å². The van der Waals surface area contributed by atoms with Crippen LogP contribution in [0.2, 0.25) is 0 Å². The van der Waals surface area contributed by atoms with Gasteiger partial charge in [0.25, 0.3) is 0 Å². The van der Waals surface area contributed by atoms with Crippen molar-refractivity contribution in [1.82, 2.24) is 0 Å². The maximum absolute atomic E-state index is 10.5. The van der Waals surface area contributed by atoms with Gasteiger partial charge in [-0.25, -0.2) is 0 Å². The average molecular weight is 289 g/mol. The van der Waals surface area contributed by atoms with E-state index in [1.165, 1.54) is 32.0 Å². The number of hydrogen-bond acceptors (Lipinski definition) is 3. The van der Waals surface area contributed by atoms with Crippen LogP contribution >= 0.6 is 0 Å². The third-order valence-electron chi connectivity index (χ3n) is 4.01. The van der Waals surface area contributed by atoms with E-state index in [1.807, 2.05) is 24.3 Å². The van der Waals surface area contributed by atoms with Crippen molar-refractivity contribution in [2.45, 2.75) is 19.8 Å². The highest BCUT2D eigenvalue weighted by Crippen LogP contribution is 2.19. The van der Waals surface area contributed by atoms with Crippen molar-refractivity contribution >= 4 is 12.0 Å². The second kappa shape index (κ2) is 7.84. The molecule has 1 heterocycles. The lowest BCUT2D eigenvalue weighted by atomic mass is 9.99.